The van der Waals surface area contributed by atoms with E-state index in [0.717, 1.165) is 34.1 Å². The molecule has 0 saturated carbocycles. The topological polar surface area (TPSA) is 16.3 Å². The summed E-state index contributed by atoms with van der Waals surface area (Å²) >= 11 is 0. The third kappa shape index (κ3) is 10.4. The van der Waals surface area contributed by atoms with Crippen molar-refractivity contribution in [2.45, 2.75) is 38.5 Å². The zero-order chi connectivity index (χ0) is 73.3. The van der Waals surface area contributed by atoms with Crippen molar-refractivity contribution in [1.82, 2.24) is 9.13 Å². The molecule has 2 aliphatic rings. The summed E-state index contributed by atoms with van der Waals surface area (Å²) in [6, 6.07) is 143. The fourth-order valence-electron chi connectivity index (χ4n) is 18.3. The van der Waals surface area contributed by atoms with Crippen LogP contribution < -0.4 is 9.80 Å². The SMILES string of the molecule is CC1(C)c2cc(-c3ccc(N(c4ccc(-c5ccccc5)cc4)c4ccc5ccc6ccccc6c5c4)cc3)ccc2-n2c3ccccc3c3cccc1c32.CC1(C)c2ccccc2-n2c3ccc(-c4ccc(N(c5ccc(-c6ccccc6)cc5)c5ccc6ccc7ccccc7c6c5)cc4)cc3c3cccc1c32. The molecule has 0 saturated heterocycles. The van der Waals surface area contributed by atoms with E-state index in [2.05, 4.69) is 435 Å². The summed E-state index contributed by atoms with van der Waals surface area (Å²) in [7, 11) is 0. The molecule has 18 aromatic carbocycles. The van der Waals surface area contributed by atoms with Gasteiger partial charge in [0.25, 0.3) is 0 Å². The van der Waals surface area contributed by atoms with Gasteiger partial charge in [0.1, 0.15) is 0 Å². The standard InChI is InChI=1S/2C53H38N2/c1-53(2)48-16-8-9-18-51(48)55-50-32-26-40(33-47(50)45-15-10-17-49(53)52(45)55)37-23-29-42(30-24-37)54(41-27-21-36(22-28-41)35-11-4-3-5-12-35)43-31-25-39-20-19-38-13-6-7-14-44(38)46(39)34-43;1-53(2)48-17-10-16-46-45-15-8-9-18-50(45)55(52(46)48)51-32-26-40(33-49(51)53)37-23-29-42(30-24-37)54(41-27-21-36(22-28-41)35-11-4-3-5-12-35)43-31-25-39-20-19-38-13-6-7-14-44(38)47(39)34-43/h2*3-34H,1-2H3. The van der Waals surface area contributed by atoms with E-state index in [1.807, 2.05) is 0 Å². The minimum atomic E-state index is -0.155. The number of aromatic nitrogens is 2. The fourth-order valence-corrected chi connectivity index (χ4v) is 18.3. The number of hydrogen-bond acceptors (Lipinski definition) is 2. The Balaban J connectivity index is 0.000000140. The average Bonchev–Trinajstić information content (AvgIpc) is 1.56. The first-order chi connectivity index (χ1) is 54.1. The van der Waals surface area contributed by atoms with Crippen molar-refractivity contribution in [3.05, 3.63) is 411 Å². The van der Waals surface area contributed by atoms with Crippen molar-refractivity contribution in [3.8, 4) is 55.9 Å². The summed E-state index contributed by atoms with van der Waals surface area (Å²) in [6.45, 7) is 9.47. The molecule has 0 amide bonds. The number of fused-ring (bicyclic) bond motifs is 16. The first-order valence-electron chi connectivity index (χ1n) is 38.4. The summed E-state index contributed by atoms with van der Waals surface area (Å²) in [5.41, 5.74) is 29.3. The van der Waals surface area contributed by atoms with Gasteiger partial charge in [-0.2, -0.15) is 0 Å². The summed E-state index contributed by atoms with van der Waals surface area (Å²) in [6.07, 6.45) is 0. The average molecular weight is 1410 g/mol. The van der Waals surface area contributed by atoms with Gasteiger partial charge in [-0.25, -0.2) is 0 Å². The number of benzene rings is 18. The molecule has 520 valence electrons. The third-order valence-electron chi connectivity index (χ3n) is 23.9. The van der Waals surface area contributed by atoms with E-state index in [1.165, 1.54) is 165 Å². The van der Waals surface area contributed by atoms with E-state index >= 15 is 0 Å². The minimum absolute atomic E-state index is 0.0784. The van der Waals surface area contributed by atoms with Gasteiger partial charge in [-0.15, -0.1) is 0 Å². The molecule has 0 N–H and O–H groups in total. The normalized spacial score (nSPS) is 13.1. The largest absolute Gasteiger partial charge is 0.310 e. The zero-order valence-corrected chi connectivity index (χ0v) is 61.7. The lowest BCUT2D eigenvalue weighted by Crippen LogP contribution is -2.26. The molecule has 0 bridgehead atoms. The molecule has 20 aromatic rings. The number of nitrogens with zero attached hydrogens (tertiary/aromatic N) is 4. The Bertz CT molecular complexity index is 7040. The Morgan fingerprint density at radius 2 is 0.518 bits per heavy atom. The third-order valence-corrected chi connectivity index (χ3v) is 23.9. The fraction of sp³-hybridized carbons (Fsp3) is 0.0566. The molecular formula is C106H76N4. The molecule has 110 heavy (non-hydrogen) atoms. The maximum absolute atomic E-state index is 2.49. The van der Waals surface area contributed by atoms with Crippen molar-refractivity contribution < 1.29 is 0 Å². The van der Waals surface area contributed by atoms with Gasteiger partial charge >= 0.3 is 0 Å². The van der Waals surface area contributed by atoms with Gasteiger partial charge in [0.05, 0.1) is 33.4 Å². The van der Waals surface area contributed by atoms with Crippen LogP contribution in [0.25, 0.3) is 143 Å². The van der Waals surface area contributed by atoms with E-state index in [9.17, 15) is 0 Å². The lowest BCUT2D eigenvalue weighted by molar-refractivity contribution is 0.630. The van der Waals surface area contributed by atoms with E-state index in [4.69, 9.17) is 0 Å². The van der Waals surface area contributed by atoms with Crippen molar-refractivity contribution in [3.63, 3.8) is 0 Å². The molecule has 2 aromatic heterocycles. The lowest BCUT2D eigenvalue weighted by Gasteiger charge is -2.35. The van der Waals surface area contributed by atoms with Crippen LogP contribution in [0.4, 0.5) is 34.1 Å². The second-order valence-electron chi connectivity index (χ2n) is 30.8. The molecule has 4 heterocycles. The first-order valence-corrected chi connectivity index (χ1v) is 38.4. The Morgan fingerprint density at radius 1 is 0.191 bits per heavy atom. The predicted molar refractivity (Wildman–Crippen MR) is 467 cm³/mol. The molecule has 4 nitrogen and oxygen atoms in total. The van der Waals surface area contributed by atoms with Crippen molar-refractivity contribution in [2.75, 3.05) is 9.80 Å². The zero-order valence-electron chi connectivity index (χ0n) is 61.7. The highest BCUT2D eigenvalue weighted by atomic mass is 15.1. The van der Waals surface area contributed by atoms with Crippen molar-refractivity contribution >= 4 is 121 Å². The molecule has 0 fully saturated rings. The predicted octanol–water partition coefficient (Wildman–Crippen LogP) is 29.1. The van der Waals surface area contributed by atoms with Crippen LogP contribution in [0.1, 0.15) is 49.9 Å². The molecule has 4 heteroatoms. The maximum Gasteiger partial charge on any atom is 0.0582 e. The van der Waals surface area contributed by atoms with Gasteiger partial charge in [-0.05, 0) is 219 Å². The second kappa shape index (κ2) is 25.4. The molecule has 0 aliphatic carbocycles. The molecule has 22 rings (SSSR count). The van der Waals surface area contributed by atoms with E-state index < -0.39 is 0 Å². The highest BCUT2D eigenvalue weighted by molar-refractivity contribution is 6.15. The lowest BCUT2D eigenvalue weighted by atomic mass is 9.74. The highest BCUT2D eigenvalue weighted by Gasteiger charge is 2.37. The quantitative estimate of drug-likeness (QED) is 0.127. The van der Waals surface area contributed by atoms with E-state index in [0.29, 0.717) is 0 Å². The molecule has 0 unspecified atom stereocenters. The maximum atomic E-state index is 2.49. The van der Waals surface area contributed by atoms with Gasteiger partial charge in [0.15, 0.2) is 0 Å². The van der Waals surface area contributed by atoms with Gasteiger partial charge < -0.3 is 18.9 Å². The summed E-state index contributed by atoms with van der Waals surface area (Å²) in [5, 5.41) is 15.2. The molecular weight excluding hydrogens is 1330 g/mol. The van der Waals surface area contributed by atoms with Crippen LogP contribution in [0.2, 0.25) is 0 Å². The Morgan fingerprint density at radius 3 is 1.03 bits per heavy atom. The summed E-state index contributed by atoms with van der Waals surface area (Å²) in [5.74, 6) is 0. The smallest absolute Gasteiger partial charge is 0.0582 e. The van der Waals surface area contributed by atoms with Crippen LogP contribution in [0, 0.1) is 0 Å². The van der Waals surface area contributed by atoms with Crippen LogP contribution in [-0.4, -0.2) is 9.13 Å². The monoisotopic (exact) mass is 1400 g/mol. The number of para-hydroxylation sites is 4. The highest BCUT2D eigenvalue weighted by Crippen LogP contribution is 2.52. The minimum Gasteiger partial charge on any atom is -0.310 e. The van der Waals surface area contributed by atoms with Crippen molar-refractivity contribution in [2.24, 2.45) is 0 Å². The number of rotatable bonds is 10. The van der Waals surface area contributed by atoms with Crippen LogP contribution >= 0.6 is 0 Å². The van der Waals surface area contributed by atoms with Crippen LogP contribution in [0.15, 0.2) is 388 Å². The second-order valence-corrected chi connectivity index (χ2v) is 30.8. The molecule has 2 aliphatic heterocycles. The number of hydrogen-bond donors (Lipinski definition) is 0. The van der Waals surface area contributed by atoms with Gasteiger partial charge in [0.2, 0.25) is 0 Å². The van der Waals surface area contributed by atoms with Crippen LogP contribution in [0.5, 0.6) is 0 Å². The van der Waals surface area contributed by atoms with Crippen molar-refractivity contribution in [1.29, 1.82) is 0 Å². The first kappa shape index (κ1) is 64.6. The van der Waals surface area contributed by atoms with Gasteiger partial charge in [-0.3, -0.25) is 0 Å². The van der Waals surface area contributed by atoms with Crippen LogP contribution in [0.3, 0.4) is 0 Å². The van der Waals surface area contributed by atoms with Crippen LogP contribution in [-0.2, 0) is 10.8 Å². The Hall–Kier alpha value is -13.8. The summed E-state index contributed by atoms with van der Waals surface area (Å²) < 4.78 is 4.97. The van der Waals surface area contributed by atoms with E-state index in [1.54, 1.807) is 0 Å². The van der Waals surface area contributed by atoms with Gasteiger partial charge in [0, 0.05) is 66.5 Å². The molecule has 0 atom stereocenters. The van der Waals surface area contributed by atoms with E-state index in [-0.39, 0.29) is 10.8 Å². The Labute approximate surface area is 640 Å². The molecule has 0 radical (unpaired) electrons. The molecule has 0 spiro atoms. The Kier molecular flexibility index (Phi) is 14.9. The van der Waals surface area contributed by atoms with Gasteiger partial charge in [-0.1, -0.05) is 307 Å². The summed E-state index contributed by atoms with van der Waals surface area (Å²) in [4.78, 5) is 4.77. The number of anilines is 6.